The molecule has 0 aliphatic heterocycles. The summed E-state index contributed by atoms with van der Waals surface area (Å²) in [5.74, 6) is 1.11. The second kappa shape index (κ2) is 5.51. The number of aromatic nitrogens is 2. The van der Waals surface area contributed by atoms with Crippen LogP contribution in [0.5, 0.6) is 0 Å². The minimum atomic E-state index is -0.160. The summed E-state index contributed by atoms with van der Waals surface area (Å²) < 4.78 is 2.27. The predicted octanol–water partition coefficient (Wildman–Crippen LogP) is 3.77. The number of hydrogen-bond donors (Lipinski definition) is 1. The zero-order valence-corrected chi connectivity index (χ0v) is 12.7. The maximum Gasteiger partial charge on any atom is 0.109 e. The number of fused-ring (bicyclic) bond motifs is 1. The molecule has 0 saturated carbocycles. The van der Waals surface area contributed by atoms with Crippen LogP contribution in [0.2, 0.25) is 5.02 Å². The van der Waals surface area contributed by atoms with Crippen molar-refractivity contribution in [3.8, 4) is 0 Å². The Bertz CT molecular complexity index is 567. The van der Waals surface area contributed by atoms with E-state index in [2.05, 4.69) is 25.3 Å². The Morgan fingerprint density at radius 2 is 2.11 bits per heavy atom. The van der Waals surface area contributed by atoms with Crippen molar-refractivity contribution >= 4 is 22.6 Å². The van der Waals surface area contributed by atoms with E-state index in [-0.39, 0.29) is 5.54 Å². The fourth-order valence-electron chi connectivity index (χ4n) is 2.24. The molecule has 0 fully saturated rings. The first kappa shape index (κ1) is 14.4. The molecular weight excluding hydrogens is 258 g/mol. The topological polar surface area (TPSA) is 43.8 Å². The Balaban J connectivity index is 2.39. The predicted molar refractivity (Wildman–Crippen MR) is 81.6 cm³/mol. The molecule has 0 unspecified atom stereocenters. The number of aryl methyl sites for hydroxylation is 2. The van der Waals surface area contributed by atoms with Gasteiger partial charge in [0, 0.05) is 23.5 Å². The zero-order chi connectivity index (χ0) is 14.0. The van der Waals surface area contributed by atoms with E-state index in [0.29, 0.717) is 0 Å². The smallest absolute Gasteiger partial charge is 0.109 e. The van der Waals surface area contributed by atoms with Crippen molar-refractivity contribution in [2.75, 3.05) is 0 Å². The van der Waals surface area contributed by atoms with E-state index >= 15 is 0 Å². The summed E-state index contributed by atoms with van der Waals surface area (Å²) in [6.45, 7) is 7.25. The molecule has 0 radical (unpaired) electrons. The van der Waals surface area contributed by atoms with E-state index in [0.717, 1.165) is 47.7 Å². The highest BCUT2D eigenvalue weighted by Gasteiger charge is 2.15. The van der Waals surface area contributed by atoms with Gasteiger partial charge in [-0.2, -0.15) is 0 Å². The molecule has 104 valence electrons. The third-order valence-electron chi connectivity index (χ3n) is 3.23. The average molecular weight is 280 g/mol. The first-order valence-corrected chi connectivity index (χ1v) is 7.22. The minimum absolute atomic E-state index is 0.160. The van der Waals surface area contributed by atoms with Crippen molar-refractivity contribution in [3.05, 3.63) is 29.0 Å². The number of nitrogens with two attached hydrogens (primary N) is 1. The van der Waals surface area contributed by atoms with E-state index in [1.165, 1.54) is 0 Å². The van der Waals surface area contributed by atoms with Crippen LogP contribution in [-0.4, -0.2) is 15.1 Å². The highest BCUT2D eigenvalue weighted by Crippen LogP contribution is 2.22. The maximum atomic E-state index is 6.09. The van der Waals surface area contributed by atoms with Crippen molar-refractivity contribution in [2.45, 2.75) is 52.1 Å². The molecule has 2 rings (SSSR count). The Hall–Kier alpha value is -1.06. The van der Waals surface area contributed by atoms with Gasteiger partial charge in [-0.05, 0) is 44.9 Å². The summed E-state index contributed by atoms with van der Waals surface area (Å²) in [5, 5.41) is 0.760. The van der Waals surface area contributed by atoms with Gasteiger partial charge in [0.05, 0.1) is 11.0 Å². The number of hydrogen-bond acceptors (Lipinski definition) is 2. The van der Waals surface area contributed by atoms with Gasteiger partial charge in [0.2, 0.25) is 0 Å². The molecule has 0 saturated heterocycles. The molecule has 3 nitrogen and oxygen atoms in total. The van der Waals surface area contributed by atoms with Gasteiger partial charge in [0.15, 0.2) is 0 Å². The first-order valence-electron chi connectivity index (χ1n) is 6.84. The third kappa shape index (κ3) is 3.48. The van der Waals surface area contributed by atoms with Gasteiger partial charge in [-0.3, -0.25) is 0 Å². The molecule has 1 aromatic heterocycles. The summed E-state index contributed by atoms with van der Waals surface area (Å²) >= 11 is 6.09. The summed E-state index contributed by atoms with van der Waals surface area (Å²) in [7, 11) is 0. The van der Waals surface area contributed by atoms with Crippen LogP contribution in [0.3, 0.4) is 0 Å². The fourth-order valence-corrected chi connectivity index (χ4v) is 2.41. The van der Waals surface area contributed by atoms with Crippen molar-refractivity contribution < 1.29 is 0 Å². The highest BCUT2D eigenvalue weighted by molar-refractivity contribution is 6.31. The van der Waals surface area contributed by atoms with Crippen molar-refractivity contribution in [3.63, 3.8) is 0 Å². The van der Waals surface area contributed by atoms with E-state index in [1.54, 1.807) is 0 Å². The van der Waals surface area contributed by atoms with E-state index in [4.69, 9.17) is 22.3 Å². The molecule has 0 bridgehead atoms. The van der Waals surface area contributed by atoms with E-state index < -0.39 is 0 Å². The first-order chi connectivity index (χ1) is 8.90. The standard InChI is InChI=1S/C15H22ClN3/c1-4-9-19-13-10-11(16)5-6-12(13)18-14(19)7-8-15(2,3)17/h5-6,10H,4,7-9,17H2,1-3H3. The average Bonchev–Trinajstić information content (AvgIpc) is 2.64. The lowest BCUT2D eigenvalue weighted by Gasteiger charge is -2.18. The van der Waals surface area contributed by atoms with Crippen LogP contribution in [-0.2, 0) is 13.0 Å². The van der Waals surface area contributed by atoms with Crippen LogP contribution in [0, 0.1) is 0 Å². The van der Waals surface area contributed by atoms with Gasteiger partial charge in [-0.25, -0.2) is 4.98 Å². The van der Waals surface area contributed by atoms with Gasteiger partial charge >= 0.3 is 0 Å². The molecule has 0 atom stereocenters. The molecule has 0 spiro atoms. The van der Waals surface area contributed by atoms with E-state index in [9.17, 15) is 0 Å². The molecule has 19 heavy (non-hydrogen) atoms. The summed E-state index contributed by atoms with van der Waals surface area (Å²) in [6.07, 6.45) is 2.90. The molecule has 0 aliphatic carbocycles. The lowest BCUT2D eigenvalue weighted by Crippen LogP contribution is -2.32. The van der Waals surface area contributed by atoms with Gasteiger partial charge in [0.25, 0.3) is 0 Å². The molecule has 1 aromatic carbocycles. The molecular formula is C15H22ClN3. The van der Waals surface area contributed by atoms with Crippen molar-refractivity contribution in [1.82, 2.24) is 9.55 Å². The lowest BCUT2D eigenvalue weighted by molar-refractivity contribution is 0.464. The largest absolute Gasteiger partial charge is 0.328 e. The maximum absolute atomic E-state index is 6.09. The third-order valence-corrected chi connectivity index (χ3v) is 3.46. The summed E-state index contributed by atoms with van der Waals surface area (Å²) in [4.78, 5) is 4.72. The Morgan fingerprint density at radius 3 is 2.74 bits per heavy atom. The second-order valence-electron chi connectivity index (χ2n) is 5.80. The number of halogens is 1. The number of imidazole rings is 1. The van der Waals surface area contributed by atoms with Crippen LogP contribution in [0.1, 0.15) is 39.4 Å². The lowest BCUT2D eigenvalue weighted by atomic mass is 10.00. The van der Waals surface area contributed by atoms with Crippen LogP contribution in [0.15, 0.2) is 18.2 Å². The normalized spacial score (nSPS) is 12.3. The SMILES string of the molecule is CCCn1c(CCC(C)(C)N)nc2ccc(Cl)cc21. The molecule has 0 amide bonds. The molecule has 2 N–H and O–H groups in total. The quantitative estimate of drug-likeness (QED) is 0.905. The summed E-state index contributed by atoms with van der Waals surface area (Å²) in [5.41, 5.74) is 8.05. The monoisotopic (exact) mass is 279 g/mol. The zero-order valence-electron chi connectivity index (χ0n) is 11.9. The molecule has 0 aliphatic rings. The molecule has 2 aromatic rings. The van der Waals surface area contributed by atoms with Gasteiger partial charge in [-0.15, -0.1) is 0 Å². The Labute approximate surface area is 119 Å². The van der Waals surface area contributed by atoms with Crippen LogP contribution >= 0.6 is 11.6 Å². The van der Waals surface area contributed by atoms with Crippen molar-refractivity contribution in [2.24, 2.45) is 5.73 Å². The van der Waals surface area contributed by atoms with Crippen LogP contribution in [0.25, 0.3) is 11.0 Å². The van der Waals surface area contributed by atoms with Crippen LogP contribution in [0.4, 0.5) is 0 Å². The summed E-state index contributed by atoms with van der Waals surface area (Å²) in [6, 6.07) is 5.88. The number of benzene rings is 1. The second-order valence-corrected chi connectivity index (χ2v) is 6.24. The van der Waals surface area contributed by atoms with E-state index in [1.807, 2.05) is 18.2 Å². The van der Waals surface area contributed by atoms with Crippen molar-refractivity contribution in [1.29, 1.82) is 0 Å². The minimum Gasteiger partial charge on any atom is -0.328 e. The van der Waals surface area contributed by atoms with Gasteiger partial charge in [0.1, 0.15) is 5.82 Å². The number of rotatable bonds is 5. The molecule has 4 heteroatoms. The Kier molecular flexibility index (Phi) is 4.16. The fraction of sp³-hybridized carbons (Fsp3) is 0.533. The number of nitrogens with zero attached hydrogens (tertiary/aromatic N) is 2. The molecule has 1 heterocycles. The van der Waals surface area contributed by atoms with Crippen LogP contribution < -0.4 is 5.73 Å². The van der Waals surface area contributed by atoms with Gasteiger partial charge < -0.3 is 10.3 Å². The Morgan fingerprint density at radius 1 is 1.37 bits per heavy atom. The highest BCUT2D eigenvalue weighted by atomic mass is 35.5. The van der Waals surface area contributed by atoms with Gasteiger partial charge in [-0.1, -0.05) is 18.5 Å².